The van der Waals surface area contributed by atoms with Crippen molar-refractivity contribution in [1.82, 2.24) is 4.72 Å². The van der Waals surface area contributed by atoms with Gasteiger partial charge in [-0.1, -0.05) is 0 Å². The van der Waals surface area contributed by atoms with E-state index in [1.54, 1.807) is 39.0 Å². The van der Waals surface area contributed by atoms with Crippen LogP contribution in [0.3, 0.4) is 0 Å². The maximum Gasteiger partial charge on any atom is 0.374 e. The molecule has 1 heterocycles. The van der Waals surface area contributed by atoms with Gasteiger partial charge in [-0.05, 0) is 56.7 Å². The molecule has 0 aliphatic rings. The number of carbonyl (C=O) groups excluding carboxylic acids is 1. The first-order valence-electron chi connectivity index (χ1n) is 9.65. The standard InChI is InChI=1S/C22H25NO7S/c1-6-29-22(24)21-13(2)19-12-18(7-8-20(19)30-21)31(25,26)23-14(3)15-9-16(27-4)11-17(10-15)28-5/h7-12,14,23H,6H2,1-5H3. The molecule has 1 aromatic heterocycles. The van der Waals surface area contributed by atoms with Gasteiger partial charge in [-0.3, -0.25) is 0 Å². The van der Waals surface area contributed by atoms with Crippen LogP contribution in [0.25, 0.3) is 11.0 Å². The zero-order valence-electron chi connectivity index (χ0n) is 18.0. The van der Waals surface area contributed by atoms with Crippen molar-refractivity contribution in [3.8, 4) is 11.5 Å². The third-order valence-electron chi connectivity index (χ3n) is 4.88. The van der Waals surface area contributed by atoms with Crippen molar-refractivity contribution >= 4 is 27.0 Å². The smallest absolute Gasteiger partial charge is 0.374 e. The second-order valence-corrected chi connectivity index (χ2v) is 8.64. The molecule has 3 rings (SSSR count). The highest BCUT2D eigenvalue weighted by atomic mass is 32.2. The molecule has 2 aromatic carbocycles. The van der Waals surface area contributed by atoms with Crippen LogP contribution in [0.4, 0.5) is 0 Å². The molecule has 3 aromatic rings. The molecule has 1 unspecified atom stereocenters. The average molecular weight is 448 g/mol. The number of furan rings is 1. The summed E-state index contributed by atoms with van der Waals surface area (Å²) in [5.74, 6) is 0.597. The fourth-order valence-electron chi connectivity index (χ4n) is 3.21. The number of methoxy groups -OCH3 is 2. The number of hydrogen-bond donors (Lipinski definition) is 1. The molecule has 1 atom stereocenters. The highest BCUT2D eigenvalue weighted by Crippen LogP contribution is 2.30. The molecule has 0 radical (unpaired) electrons. The van der Waals surface area contributed by atoms with Crippen LogP contribution in [-0.4, -0.2) is 35.2 Å². The summed E-state index contributed by atoms with van der Waals surface area (Å²) in [5.41, 5.74) is 1.62. The molecule has 0 spiro atoms. The number of benzene rings is 2. The third kappa shape index (κ3) is 4.67. The van der Waals surface area contributed by atoms with Crippen LogP contribution in [0.2, 0.25) is 0 Å². The second kappa shape index (κ2) is 8.99. The topological polar surface area (TPSA) is 104 Å². The Labute approximate surface area is 181 Å². The summed E-state index contributed by atoms with van der Waals surface area (Å²) < 4.78 is 49.8. The van der Waals surface area contributed by atoms with Crippen molar-refractivity contribution in [2.45, 2.75) is 31.7 Å². The fourth-order valence-corrected chi connectivity index (χ4v) is 4.46. The molecule has 0 aliphatic heterocycles. The monoisotopic (exact) mass is 447 g/mol. The normalized spacial score (nSPS) is 12.5. The fraction of sp³-hybridized carbons (Fsp3) is 0.318. The number of carbonyl (C=O) groups is 1. The molecule has 0 aliphatic carbocycles. The summed E-state index contributed by atoms with van der Waals surface area (Å²) in [4.78, 5) is 12.1. The quantitative estimate of drug-likeness (QED) is 0.521. The Morgan fingerprint density at radius 1 is 1.10 bits per heavy atom. The predicted molar refractivity (Wildman–Crippen MR) is 115 cm³/mol. The van der Waals surface area contributed by atoms with E-state index in [0.29, 0.717) is 33.6 Å². The summed E-state index contributed by atoms with van der Waals surface area (Å²) in [7, 11) is -0.809. The van der Waals surface area contributed by atoms with Crippen LogP contribution in [-0.2, 0) is 14.8 Å². The molecule has 9 heteroatoms. The minimum atomic E-state index is -3.87. The van der Waals surface area contributed by atoms with Crippen LogP contribution >= 0.6 is 0 Å². The van der Waals surface area contributed by atoms with Crippen LogP contribution in [0.15, 0.2) is 45.7 Å². The van der Waals surface area contributed by atoms with Crippen molar-refractivity contribution in [3.05, 3.63) is 53.3 Å². The second-order valence-electron chi connectivity index (χ2n) is 6.92. The van der Waals surface area contributed by atoms with Crippen LogP contribution in [0.5, 0.6) is 11.5 Å². The van der Waals surface area contributed by atoms with E-state index in [9.17, 15) is 13.2 Å². The zero-order valence-corrected chi connectivity index (χ0v) is 18.8. The van der Waals surface area contributed by atoms with Gasteiger partial charge in [0, 0.05) is 23.1 Å². The molecule has 1 N–H and O–H groups in total. The Balaban J connectivity index is 1.93. The summed E-state index contributed by atoms with van der Waals surface area (Å²) in [5, 5.41) is 0.529. The lowest BCUT2D eigenvalue weighted by molar-refractivity contribution is 0.0491. The van der Waals surface area contributed by atoms with E-state index in [0.717, 1.165) is 0 Å². The van der Waals surface area contributed by atoms with E-state index in [1.807, 2.05) is 0 Å². The van der Waals surface area contributed by atoms with Crippen molar-refractivity contribution in [3.63, 3.8) is 0 Å². The molecule has 0 saturated carbocycles. The highest BCUT2D eigenvalue weighted by molar-refractivity contribution is 7.89. The number of aryl methyl sites for hydroxylation is 1. The molecule has 31 heavy (non-hydrogen) atoms. The minimum Gasteiger partial charge on any atom is -0.497 e. The number of hydrogen-bond acceptors (Lipinski definition) is 7. The van der Waals surface area contributed by atoms with Gasteiger partial charge in [0.1, 0.15) is 17.1 Å². The Kier molecular flexibility index (Phi) is 6.56. The van der Waals surface area contributed by atoms with Gasteiger partial charge in [0.15, 0.2) is 0 Å². The maximum atomic E-state index is 13.0. The van der Waals surface area contributed by atoms with Gasteiger partial charge in [0.25, 0.3) is 0 Å². The van der Waals surface area contributed by atoms with Gasteiger partial charge < -0.3 is 18.6 Å². The van der Waals surface area contributed by atoms with Crippen molar-refractivity contribution in [2.24, 2.45) is 0 Å². The van der Waals surface area contributed by atoms with E-state index < -0.39 is 22.0 Å². The summed E-state index contributed by atoms with van der Waals surface area (Å²) >= 11 is 0. The van der Waals surface area contributed by atoms with E-state index in [2.05, 4.69) is 4.72 Å². The van der Waals surface area contributed by atoms with Gasteiger partial charge in [-0.25, -0.2) is 17.9 Å². The number of rotatable bonds is 8. The van der Waals surface area contributed by atoms with Gasteiger partial charge in [-0.15, -0.1) is 0 Å². The highest BCUT2D eigenvalue weighted by Gasteiger charge is 2.23. The SMILES string of the molecule is CCOC(=O)c1oc2ccc(S(=O)(=O)NC(C)c3cc(OC)cc(OC)c3)cc2c1C. The number of fused-ring (bicyclic) bond motifs is 1. The summed E-state index contributed by atoms with van der Waals surface area (Å²) in [6.07, 6.45) is 0. The van der Waals surface area contributed by atoms with Crippen molar-refractivity contribution in [2.75, 3.05) is 20.8 Å². The summed E-state index contributed by atoms with van der Waals surface area (Å²) in [6, 6.07) is 9.08. The Hall–Kier alpha value is -3.04. The minimum absolute atomic E-state index is 0.0565. The molecule has 0 bridgehead atoms. The number of nitrogens with one attached hydrogen (secondary N) is 1. The van der Waals surface area contributed by atoms with Gasteiger partial charge in [-0.2, -0.15) is 0 Å². The van der Waals surface area contributed by atoms with E-state index in [-0.39, 0.29) is 17.3 Å². The predicted octanol–water partition coefficient (Wildman–Crippen LogP) is 3.97. The maximum absolute atomic E-state index is 13.0. The lowest BCUT2D eigenvalue weighted by atomic mass is 10.1. The van der Waals surface area contributed by atoms with Crippen LogP contribution in [0, 0.1) is 6.92 Å². The van der Waals surface area contributed by atoms with Gasteiger partial charge in [0.2, 0.25) is 15.8 Å². The Bertz CT molecular complexity index is 1190. The molecule has 0 fully saturated rings. The van der Waals surface area contributed by atoms with Gasteiger partial charge >= 0.3 is 5.97 Å². The molecule has 0 saturated heterocycles. The van der Waals surface area contributed by atoms with E-state index >= 15 is 0 Å². The molecular formula is C22H25NO7S. The van der Waals surface area contributed by atoms with Gasteiger partial charge in [0.05, 0.1) is 25.7 Å². The summed E-state index contributed by atoms with van der Waals surface area (Å²) in [6.45, 7) is 5.33. The first kappa shape index (κ1) is 22.6. The number of sulfonamides is 1. The average Bonchev–Trinajstić information content (AvgIpc) is 3.09. The molecular weight excluding hydrogens is 422 g/mol. The molecule has 8 nitrogen and oxygen atoms in total. The van der Waals surface area contributed by atoms with E-state index in [1.165, 1.54) is 32.4 Å². The number of ether oxygens (including phenoxy) is 3. The van der Waals surface area contributed by atoms with Crippen molar-refractivity contribution < 1.29 is 31.8 Å². The lowest BCUT2D eigenvalue weighted by Gasteiger charge is -2.17. The molecule has 166 valence electrons. The Morgan fingerprint density at radius 3 is 2.32 bits per heavy atom. The lowest BCUT2D eigenvalue weighted by Crippen LogP contribution is -2.27. The van der Waals surface area contributed by atoms with E-state index in [4.69, 9.17) is 18.6 Å². The zero-order chi connectivity index (χ0) is 22.8. The van der Waals surface area contributed by atoms with Crippen LogP contribution < -0.4 is 14.2 Å². The number of esters is 1. The Morgan fingerprint density at radius 2 is 1.74 bits per heavy atom. The first-order valence-corrected chi connectivity index (χ1v) is 11.1. The van der Waals surface area contributed by atoms with Crippen LogP contribution in [0.1, 0.15) is 41.6 Å². The largest absolute Gasteiger partial charge is 0.497 e. The first-order chi connectivity index (χ1) is 14.7. The molecule has 0 amide bonds. The third-order valence-corrected chi connectivity index (χ3v) is 6.42. The van der Waals surface area contributed by atoms with Crippen molar-refractivity contribution in [1.29, 1.82) is 0 Å².